The average Bonchev–Trinajstić information content (AvgIpc) is 3.20. The summed E-state index contributed by atoms with van der Waals surface area (Å²) in [5.41, 5.74) is 0.345. The molecule has 1 atom stereocenters. The minimum atomic E-state index is 0.345. The van der Waals surface area contributed by atoms with Gasteiger partial charge in [0.2, 0.25) is 0 Å². The van der Waals surface area contributed by atoms with Crippen molar-refractivity contribution >= 4 is 17.6 Å². The van der Waals surface area contributed by atoms with Crippen molar-refractivity contribution < 1.29 is 9.47 Å². The maximum atomic E-state index is 5.86. The van der Waals surface area contributed by atoms with Gasteiger partial charge >= 0.3 is 0 Å². The lowest BCUT2D eigenvalue weighted by Crippen LogP contribution is -2.42. The van der Waals surface area contributed by atoms with Crippen LogP contribution in [0, 0.1) is 5.41 Å². The van der Waals surface area contributed by atoms with Gasteiger partial charge in [0.05, 0.1) is 13.2 Å². The number of benzene rings is 1. The van der Waals surface area contributed by atoms with Crippen LogP contribution in [0.1, 0.15) is 12.8 Å². The third-order valence-electron chi connectivity index (χ3n) is 4.60. The number of likely N-dealkylation sites (tertiary alicyclic amines) is 1. The van der Waals surface area contributed by atoms with E-state index in [9.17, 15) is 0 Å². The maximum absolute atomic E-state index is 5.86. The molecule has 0 aliphatic carbocycles. The van der Waals surface area contributed by atoms with Crippen molar-refractivity contribution in [3.63, 3.8) is 0 Å². The van der Waals surface area contributed by atoms with Gasteiger partial charge in [-0.3, -0.25) is 4.99 Å². The Morgan fingerprint density at radius 2 is 2.22 bits per heavy atom. The van der Waals surface area contributed by atoms with Crippen molar-refractivity contribution in [2.24, 2.45) is 10.4 Å². The van der Waals surface area contributed by atoms with Gasteiger partial charge in [0, 0.05) is 37.2 Å². The van der Waals surface area contributed by atoms with Crippen LogP contribution in [0.15, 0.2) is 29.3 Å². The minimum Gasteiger partial charge on any atom is -0.492 e. The van der Waals surface area contributed by atoms with E-state index in [-0.39, 0.29) is 0 Å². The predicted octanol–water partition coefficient (Wildman–Crippen LogP) is 2.41. The van der Waals surface area contributed by atoms with Crippen LogP contribution in [0.2, 0.25) is 5.02 Å². The van der Waals surface area contributed by atoms with Gasteiger partial charge in [-0.2, -0.15) is 0 Å². The van der Waals surface area contributed by atoms with E-state index in [0.29, 0.717) is 12.0 Å². The first-order valence-electron chi connectivity index (χ1n) is 8.13. The van der Waals surface area contributed by atoms with Crippen molar-refractivity contribution in [3.05, 3.63) is 29.3 Å². The lowest BCUT2D eigenvalue weighted by Gasteiger charge is -2.24. The molecule has 0 aromatic heterocycles. The lowest BCUT2D eigenvalue weighted by molar-refractivity contribution is 0.156. The third-order valence-corrected chi connectivity index (χ3v) is 4.85. The van der Waals surface area contributed by atoms with Crippen molar-refractivity contribution in [1.82, 2.24) is 10.2 Å². The second kappa shape index (κ2) is 7.41. The maximum Gasteiger partial charge on any atom is 0.193 e. The number of aliphatic imine (C=N–C) groups is 1. The molecule has 2 heterocycles. The van der Waals surface area contributed by atoms with E-state index in [2.05, 4.69) is 15.2 Å². The Labute approximate surface area is 142 Å². The van der Waals surface area contributed by atoms with Gasteiger partial charge in [0.15, 0.2) is 5.96 Å². The summed E-state index contributed by atoms with van der Waals surface area (Å²) >= 11 is 5.86. The fraction of sp³-hybridized carbons (Fsp3) is 0.588. The van der Waals surface area contributed by atoms with Crippen LogP contribution >= 0.6 is 11.6 Å². The van der Waals surface area contributed by atoms with Crippen molar-refractivity contribution in [2.45, 2.75) is 12.8 Å². The monoisotopic (exact) mass is 337 g/mol. The predicted molar refractivity (Wildman–Crippen MR) is 92.4 cm³/mol. The number of rotatable bonds is 4. The molecule has 6 heteroatoms. The molecule has 1 aromatic carbocycles. The zero-order chi connectivity index (χ0) is 16.1. The van der Waals surface area contributed by atoms with Crippen molar-refractivity contribution in [2.75, 3.05) is 46.5 Å². The largest absolute Gasteiger partial charge is 0.492 e. The average molecular weight is 338 g/mol. The molecule has 1 aromatic rings. The summed E-state index contributed by atoms with van der Waals surface area (Å²) in [5, 5.41) is 4.10. The van der Waals surface area contributed by atoms with Crippen LogP contribution in [0.25, 0.3) is 0 Å². The SMILES string of the molecule is CN=C(NCCOc1ccc(Cl)cc1)N1CCC2(CCOC2)C1. The van der Waals surface area contributed by atoms with Gasteiger partial charge in [-0.05, 0) is 37.1 Å². The third kappa shape index (κ3) is 4.09. The molecule has 23 heavy (non-hydrogen) atoms. The molecule has 2 aliphatic rings. The highest BCUT2D eigenvalue weighted by Gasteiger charge is 2.42. The molecule has 0 amide bonds. The van der Waals surface area contributed by atoms with Gasteiger partial charge in [0.25, 0.3) is 0 Å². The number of ether oxygens (including phenoxy) is 2. The molecule has 2 fully saturated rings. The summed E-state index contributed by atoms with van der Waals surface area (Å²) in [4.78, 5) is 6.73. The molecule has 1 spiro atoms. The summed E-state index contributed by atoms with van der Waals surface area (Å²) in [6.45, 7) is 5.17. The van der Waals surface area contributed by atoms with E-state index in [1.807, 2.05) is 31.3 Å². The second-order valence-electron chi connectivity index (χ2n) is 6.25. The van der Waals surface area contributed by atoms with Crippen LogP contribution < -0.4 is 10.1 Å². The Bertz CT molecular complexity index is 541. The highest BCUT2D eigenvalue weighted by molar-refractivity contribution is 6.30. The Morgan fingerprint density at radius 3 is 2.91 bits per heavy atom. The summed E-state index contributed by atoms with van der Waals surface area (Å²) in [6, 6.07) is 7.41. The van der Waals surface area contributed by atoms with Crippen LogP contribution in [0.4, 0.5) is 0 Å². The van der Waals surface area contributed by atoms with E-state index < -0.39 is 0 Å². The van der Waals surface area contributed by atoms with Crippen LogP contribution in [-0.4, -0.2) is 57.4 Å². The molecule has 2 aliphatic heterocycles. The van der Waals surface area contributed by atoms with E-state index in [0.717, 1.165) is 49.6 Å². The summed E-state index contributed by atoms with van der Waals surface area (Å²) < 4.78 is 11.3. The van der Waals surface area contributed by atoms with Gasteiger partial charge < -0.3 is 19.7 Å². The molecule has 1 N–H and O–H groups in total. The number of nitrogens with one attached hydrogen (secondary N) is 1. The molecule has 126 valence electrons. The van der Waals surface area contributed by atoms with Gasteiger partial charge in [-0.25, -0.2) is 0 Å². The Morgan fingerprint density at radius 1 is 1.39 bits per heavy atom. The Balaban J connectivity index is 1.42. The molecular weight excluding hydrogens is 314 g/mol. The number of nitrogens with zero attached hydrogens (tertiary/aromatic N) is 2. The number of guanidine groups is 1. The van der Waals surface area contributed by atoms with E-state index >= 15 is 0 Å². The Kier molecular flexibility index (Phi) is 5.28. The topological polar surface area (TPSA) is 46.1 Å². The fourth-order valence-corrected chi connectivity index (χ4v) is 3.41. The molecule has 3 rings (SSSR count). The molecule has 0 bridgehead atoms. The van der Waals surface area contributed by atoms with Crippen LogP contribution in [0.5, 0.6) is 5.75 Å². The molecule has 0 radical (unpaired) electrons. The minimum absolute atomic E-state index is 0.345. The summed E-state index contributed by atoms with van der Waals surface area (Å²) in [5.74, 6) is 1.78. The highest BCUT2D eigenvalue weighted by Crippen LogP contribution is 2.38. The van der Waals surface area contributed by atoms with Crippen molar-refractivity contribution in [1.29, 1.82) is 0 Å². The van der Waals surface area contributed by atoms with E-state index in [4.69, 9.17) is 21.1 Å². The Hall–Kier alpha value is -1.46. The van der Waals surface area contributed by atoms with Crippen LogP contribution in [0.3, 0.4) is 0 Å². The van der Waals surface area contributed by atoms with Crippen LogP contribution in [-0.2, 0) is 4.74 Å². The van der Waals surface area contributed by atoms with Gasteiger partial charge in [0.1, 0.15) is 12.4 Å². The first-order valence-corrected chi connectivity index (χ1v) is 8.50. The number of halogens is 1. The first kappa shape index (κ1) is 16.4. The van der Waals surface area contributed by atoms with Gasteiger partial charge in [-0.15, -0.1) is 0 Å². The number of hydrogen-bond acceptors (Lipinski definition) is 3. The van der Waals surface area contributed by atoms with E-state index in [1.165, 1.54) is 12.8 Å². The molecule has 2 saturated heterocycles. The normalized spacial score (nSPS) is 24.4. The second-order valence-corrected chi connectivity index (χ2v) is 6.69. The molecule has 0 saturated carbocycles. The fourth-order valence-electron chi connectivity index (χ4n) is 3.28. The quantitative estimate of drug-likeness (QED) is 0.520. The first-order chi connectivity index (χ1) is 11.2. The standard InChI is InChI=1S/C17H24ClN3O2/c1-19-16(21-9-6-17(12-21)7-10-22-13-17)20-8-11-23-15-4-2-14(18)3-5-15/h2-5H,6-13H2,1H3,(H,19,20). The zero-order valence-corrected chi connectivity index (χ0v) is 14.3. The van der Waals surface area contributed by atoms with E-state index in [1.54, 1.807) is 0 Å². The van der Waals surface area contributed by atoms with Crippen molar-refractivity contribution in [3.8, 4) is 5.75 Å². The lowest BCUT2D eigenvalue weighted by atomic mass is 9.87. The summed E-state index contributed by atoms with van der Waals surface area (Å²) in [7, 11) is 1.83. The smallest absolute Gasteiger partial charge is 0.193 e. The molecule has 5 nitrogen and oxygen atoms in total. The highest BCUT2D eigenvalue weighted by atomic mass is 35.5. The zero-order valence-electron chi connectivity index (χ0n) is 13.6. The summed E-state index contributed by atoms with van der Waals surface area (Å²) in [6.07, 6.45) is 2.36. The number of hydrogen-bond donors (Lipinski definition) is 1. The van der Waals surface area contributed by atoms with Gasteiger partial charge in [-0.1, -0.05) is 11.6 Å². The molecular formula is C17H24ClN3O2. The molecule has 1 unspecified atom stereocenters.